The van der Waals surface area contributed by atoms with Crippen LogP contribution in [0.1, 0.15) is 6.42 Å². The van der Waals surface area contributed by atoms with Gasteiger partial charge in [0.25, 0.3) is 0 Å². The molecule has 0 aliphatic rings. The van der Waals surface area contributed by atoms with E-state index in [0.29, 0.717) is 0 Å². The Morgan fingerprint density at radius 3 is 2.88 bits per heavy atom. The molecule has 1 heterocycles. The Kier molecular flexibility index (Phi) is 4.19. The first-order valence-electron chi connectivity index (χ1n) is 4.59. The lowest BCUT2D eigenvalue weighted by atomic mass is 10.4. The Labute approximate surface area is 90.7 Å². The molecule has 1 aromatic heterocycles. The summed E-state index contributed by atoms with van der Waals surface area (Å²) in [5.74, 6) is -1.41. The van der Waals surface area contributed by atoms with Gasteiger partial charge in [-0.3, -0.25) is 14.2 Å². The predicted molar refractivity (Wildman–Crippen MR) is 53.8 cm³/mol. The molecular weight excluding hydrogens is 214 g/mol. The molecule has 86 valence electrons. The van der Waals surface area contributed by atoms with Crippen molar-refractivity contribution in [2.45, 2.75) is 13.0 Å². The Morgan fingerprint density at radius 1 is 1.50 bits per heavy atom. The highest BCUT2D eigenvalue weighted by Gasteiger charge is 2.04. The maximum absolute atomic E-state index is 11.3. The van der Waals surface area contributed by atoms with Crippen LogP contribution in [0.5, 0.6) is 0 Å². The van der Waals surface area contributed by atoms with Crippen LogP contribution in [0, 0.1) is 0 Å². The van der Waals surface area contributed by atoms with Crippen molar-refractivity contribution in [3.63, 3.8) is 0 Å². The van der Waals surface area contributed by atoms with E-state index >= 15 is 0 Å². The van der Waals surface area contributed by atoms with E-state index in [1.165, 1.54) is 18.5 Å². The molecule has 0 fully saturated rings. The van der Waals surface area contributed by atoms with Gasteiger partial charge in [-0.05, 0) is 6.07 Å². The summed E-state index contributed by atoms with van der Waals surface area (Å²) >= 11 is 0. The highest BCUT2D eigenvalue weighted by Crippen LogP contribution is 1.81. The van der Waals surface area contributed by atoms with Crippen LogP contribution in [-0.4, -0.2) is 33.1 Å². The van der Waals surface area contributed by atoms with E-state index in [0.717, 1.165) is 4.57 Å². The molecule has 0 atom stereocenters. The summed E-state index contributed by atoms with van der Waals surface area (Å²) in [6.07, 6.45) is 2.63. The van der Waals surface area contributed by atoms with Crippen LogP contribution in [0.3, 0.4) is 0 Å². The zero-order chi connectivity index (χ0) is 12.0. The summed E-state index contributed by atoms with van der Waals surface area (Å²) in [5.41, 5.74) is -0.518. The Morgan fingerprint density at radius 2 is 2.25 bits per heavy atom. The SMILES string of the molecule is O=C(O)CCNC(=O)Cn1cccnc1=O. The summed E-state index contributed by atoms with van der Waals surface area (Å²) in [5, 5.41) is 10.7. The van der Waals surface area contributed by atoms with E-state index < -0.39 is 17.6 Å². The average molecular weight is 225 g/mol. The predicted octanol–water partition coefficient (Wildman–Crippen LogP) is -1.17. The molecule has 0 unspecified atom stereocenters. The fraction of sp³-hybridized carbons (Fsp3) is 0.333. The minimum absolute atomic E-state index is 0.0448. The molecule has 1 amide bonds. The Balaban J connectivity index is 2.43. The van der Waals surface area contributed by atoms with Gasteiger partial charge >= 0.3 is 11.7 Å². The lowest BCUT2D eigenvalue weighted by Gasteiger charge is -2.04. The van der Waals surface area contributed by atoms with Crippen molar-refractivity contribution in [3.8, 4) is 0 Å². The smallest absolute Gasteiger partial charge is 0.347 e. The first kappa shape index (κ1) is 11.9. The molecule has 7 heteroatoms. The quantitative estimate of drug-likeness (QED) is 0.657. The van der Waals surface area contributed by atoms with E-state index in [-0.39, 0.29) is 19.5 Å². The molecule has 0 aliphatic heterocycles. The zero-order valence-corrected chi connectivity index (χ0v) is 8.42. The monoisotopic (exact) mass is 225 g/mol. The minimum atomic E-state index is -0.987. The first-order valence-corrected chi connectivity index (χ1v) is 4.59. The van der Waals surface area contributed by atoms with Crippen LogP contribution in [0.4, 0.5) is 0 Å². The van der Waals surface area contributed by atoms with Crippen molar-refractivity contribution in [3.05, 3.63) is 28.9 Å². The highest BCUT2D eigenvalue weighted by molar-refractivity contribution is 5.76. The lowest BCUT2D eigenvalue weighted by Crippen LogP contribution is -2.33. The number of nitrogens with one attached hydrogen (secondary N) is 1. The third-order valence-electron chi connectivity index (χ3n) is 1.76. The second kappa shape index (κ2) is 5.64. The summed E-state index contributed by atoms with van der Waals surface area (Å²) in [6.45, 7) is -0.116. The van der Waals surface area contributed by atoms with Crippen molar-refractivity contribution >= 4 is 11.9 Å². The number of nitrogens with zero attached hydrogens (tertiary/aromatic N) is 2. The number of carbonyl (C=O) groups is 2. The lowest BCUT2D eigenvalue weighted by molar-refractivity contribution is -0.136. The number of carboxylic acids is 1. The van der Waals surface area contributed by atoms with Gasteiger partial charge in [0.2, 0.25) is 5.91 Å². The second-order valence-corrected chi connectivity index (χ2v) is 3.02. The normalized spacial score (nSPS) is 9.75. The third-order valence-corrected chi connectivity index (χ3v) is 1.76. The van der Waals surface area contributed by atoms with Crippen molar-refractivity contribution < 1.29 is 14.7 Å². The Hall–Kier alpha value is -2.18. The zero-order valence-electron chi connectivity index (χ0n) is 8.42. The van der Waals surface area contributed by atoms with Gasteiger partial charge in [0.1, 0.15) is 6.54 Å². The van der Waals surface area contributed by atoms with E-state index in [1.807, 2.05) is 0 Å². The molecule has 2 N–H and O–H groups in total. The molecule has 0 aromatic carbocycles. The summed E-state index contributed by atoms with van der Waals surface area (Å²) in [6, 6.07) is 1.53. The number of carbonyl (C=O) groups excluding carboxylic acids is 1. The molecule has 0 aliphatic carbocycles. The van der Waals surface area contributed by atoms with Gasteiger partial charge in [-0.15, -0.1) is 0 Å². The molecule has 0 radical (unpaired) electrons. The minimum Gasteiger partial charge on any atom is -0.481 e. The van der Waals surface area contributed by atoms with Crippen molar-refractivity contribution in [2.24, 2.45) is 0 Å². The number of rotatable bonds is 5. The second-order valence-electron chi connectivity index (χ2n) is 3.02. The van der Waals surface area contributed by atoms with E-state index in [1.54, 1.807) is 0 Å². The van der Waals surface area contributed by atoms with Crippen LogP contribution in [0.15, 0.2) is 23.3 Å². The van der Waals surface area contributed by atoms with E-state index in [9.17, 15) is 14.4 Å². The summed E-state index contributed by atoms with van der Waals surface area (Å²) < 4.78 is 1.14. The van der Waals surface area contributed by atoms with Crippen LogP contribution >= 0.6 is 0 Å². The fourth-order valence-electron chi connectivity index (χ4n) is 1.03. The molecule has 1 aromatic rings. The number of hydrogen-bond acceptors (Lipinski definition) is 4. The molecule has 0 saturated heterocycles. The maximum atomic E-state index is 11.3. The third kappa shape index (κ3) is 3.91. The van der Waals surface area contributed by atoms with Crippen molar-refractivity contribution in [2.75, 3.05) is 6.54 Å². The van der Waals surface area contributed by atoms with Crippen molar-refractivity contribution in [1.82, 2.24) is 14.9 Å². The molecule has 1 rings (SSSR count). The van der Waals surface area contributed by atoms with Gasteiger partial charge in [-0.25, -0.2) is 9.78 Å². The average Bonchev–Trinajstić information content (AvgIpc) is 2.21. The van der Waals surface area contributed by atoms with Gasteiger partial charge in [-0.1, -0.05) is 0 Å². The standard InChI is InChI=1S/C9H11N3O4/c13-7(10-4-2-8(14)15)6-12-5-1-3-11-9(12)16/h1,3,5H,2,4,6H2,(H,10,13)(H,14,15). The fourth-order valence-corrected chi connectivity index (χ4v) is 1.03. The molecule has 0 spiro atoms. The van der Waals surface area contributed by atoms with Crippen LogP contribution in [0.25, 0.3) is 0 Å². The number of amides is 1. The topological polar surface area (TPSA) is 101 Å². The highest BCUT2D eigenvalue weighted by atomic mass is 16.4. The van der Waals surface area contributed by atoms with E-state index in [2.05, 4.69) is 10.3 Å². The Bertz CT molecular complexity index is 440. The van der Waals surface area contributed by atoms with Crippen LogP contribution < -0.4 is 11.0 Å². The molecule has 0 saturated carbocycles. The maximum Gasteiger partial charge on any atom is 0.347 e. The molecular formula is C9H11N3O4. The number of aliphatic carboxylic acids is 1. The largest absolute Gasteiger partial charge is 0.481 e. The van der Waals surface area contributed by atoms with Gasteiger partial charge in [-0.2, -0.15) is 0 Å². The van der Waals surface area contributed by atoms with E-state index in [4.69, 9.17) is 5.11 Å². The summed E-state index contributed by atoms with van der Waals surface area (Å²) in [7, 11) is 0. The van der Waals surface area contributed by atoms with Crippen molar-refractivity contribution in [1.29, 1.82) is 0 Å². The molecule has 0 bridgehead atoms. The number of carboxylic acid groups (broad SMARTS) is 1. The first-order chi connectivity index (χ1) is 7.59. The van der Waals surface area contributed by atoms with Crippen LogP contribution in [0.2, 0.25) is 0 Å². The van der Waals surface area contributed by atoms with Crippen LogP contribution in [-0.2, 0) is 16.1 Å². The van der Waals surface area contributed by atoms with Gasteiger partial charge in [0.15, 0.2) is 0 Å². The summed E-state index contributed by atoms with van der Waals surface area (Å²) in [4.78, 5) is 36.0. The number of aromatic nitrogens is 2. The van der Waals surface area contributed by atoms with Gasteiger partial charge in [0, 0.05) is 18.9 Å². The van der Waals surface area contributed by atoms with Gasteiger partial charge in [0.05, 0.1) is 6.42 Å². The number of hydrogen-bond donors (Lipinski definition) is 2. The van der Waals surface area contributed by atoms with Gasteiger partial charge < -0.3 is 10.4 Å². The molecule has 16 heavy (non-hydrogen) atoms. The molecule has 7 nitrogen and oxygen atoms in total.